The number of aromatic nitrogens is 1. The van der Waals surface area contributed by atoms with Crippen LogP contribution < -0.4 is 0 Å². The molecule has 5 heteroatoms. The number of carbonyl (C=O) groups is 1. The maximum Gasteiger partial charge on any atom is 0.255 e. The van der Waals surface area contributed by atoms with Crippen molar-refractivity contribution in [3.05, 3.63) is 28.5 Å². The molecule has 1 heterocycles. The Balaban J connectivity index is 2.52. The van der Waals surface area contributed by atoms with E-state index in [0.717, 1.165) is 4.47 Å². The third kappa shape index (κ3) is 4.83. The second kappa shape index (κ2) is 6.71. The van der Waals surface area contributed by atoms with Gasteiger partial charge < -0.3 is 9.64 Å². The van der Waals surface area contributed by atoms with E-state index in [-0.39, 0.29) is 12.0 Å². The first-order valence-corrected chi connectivity index (χ1v) is 6.27. The average Bonchev–Trinajstić information content (AvgIpc) is 2.27. The molecule has 0 aliphatic heterocycles. The van der Waals surface area contributed by atoms with Crippen LogP contribution in [0.1, 0.15) is 24.2 Å². The number of amides is 1. The first-order chi connectivity index (χ1) is 8.00. The van der Waals surface area contributed by atoms with Gasteiger partial charge in [-0.3, -0.25) is 9.78 Å². The normalized spacial score (nSPS) is 10.6. The molecule has 0 bridgehead atoms. The van der Waals surface area contributed by atoms with Gasteiger partial charge in [-0.15, -0.1) is 0 Å². The second-order valence-electron chi connectivity index (χ2n) is 4.04. The minimum absolute atomic E-state index is 0.0499. The fourth-order valence-electron chi connectivity index (χ4n) is 1.28. The van der Waals surface area contributed by atoms with Crippen molar-refractivity contribution in [1.29, 1.82) is 0 Å². The van der Waals surface area contributed by atoms with Crippen LogP contribution in [-0.2, 0) is 4.74 Å². The van der Waals surface area contributed by atoms with Crippen molar-refractivity contribution in [3.8, 4) is 0 Å². The van der Waals surface area contributed by atoms with Crippen molar-refractivity contribution in [3.63, 3.8) is 0 Å². The molecule has 0 saturated heterocycles. The lowest BCUT2D eigenvalue weighted by Gasteiger charge is -2.18. The SMILES string of the molecule is CC(C)OCCN(C)C(=O)c1cncc(Br)c1. The molecule has 4 nitrogen and oxygen atoms in total. The molecule has 1 rings (SSSR count). The summed E-state index contributed by atoms with van der Waals surface area (Å²) in [7, 11) is 1.76. The Morgan fingerprint density at radius 2 is 2.24 bits per heavy atom. The molecule has 0 aromatic carbocycles. The highest BCUT2D eigenvalue weighted by atomic mass is 79.9. The largest absolute Gasteiger partial charge is 0.377 e. The minimum Gasteiger partial charge on any atom is -0.377 e. The Bertz CT molecular complexity index is 383. The van der Waals surface area contributed by atoms with Crippen LogP contribution in [0.25, 0.3) is 0 Å². The van der Waals surface area contributed by atoms with E-state index in [4.69, 9.17) is 4.74 Å². The summed E-state index contributed by atoms with van der Waals surface area (Å²) < 4.78 is 6.20. The molecule has 1 amide bonds. The summed E-state index contributed by atoms with van der Waals surface area (Å²) in [5.41, 5.74) is 0.575. The number of likely N-dealkylation sites (N-methyl/N-ethyl adjacent to an activating group) is 1. The van der Waals surface area contributed by atoms with Crippen LogP contribution in [-0.4, -0.2) is 42.1 Å². The average molecular weight is 301 g/mol. The first kappa shape index (κ1) is 14.1. The number of hydrogen-bond donors (Lipinski definition) is 0. The summed E-state index contributed by atoms with van der Waals surface area (Å²) in [6.07, 6.45) is 3.40. The van der Waals surface area contributed by atoms with Gasteiger partial charge in [0.2, 0.25) is 0 Å². The molecule has 0 unspecified atom stereocenters. The number of pyridine rings is 1. The van der Waals surface area contributed by atoms with Gasteiger partial charge in [0.15, 0.2) is 0 Å². The molecule has 0 spiro atoms. The maximum absolute atomic E-state index is 12.0. The molecule has 0 saturated carbocycles. The smallest absolute Gasteiger partial charge is 0.255 e. The van der Waals surface area contributed by atoms with E-state index in [1.54, 1.807) is 30.4 Å². The third-order valence-electron chi connectivity index (χ3n) is 2.18. The van der Waals surface area contributed by atoms with Crippen molar-refractivity contribution in [2.75, 3.05) is 20.2 Å². The summed E-state index contributed by atoms with van der Waals surface area (Å²) >= 11 is 3.29. The lowest BCUT2D eigenvalue weighted by Crippen LogP contribution is -2.30. The first-order valence-electron chi connectivity index (χ1n) is 5.48. The van der Waals surface area contributed by atoms with Crippen LogP contribution in [0.3, 0.4) is 0 Å². The molecule has 94 valence electrons. The maximum atomic E-state index is 12.0. The van der Waals surface area contributed by atoms with Crippen LogP contribution in [0.5, 0.6) is 0 Å². The van der Waals surface area contributed by atoms with Gasteiger partial charge in [0.1, 0.15) is 0 Å². The molecule has 1 aromatic rings. The van der Waals surface area contributed by atoms with Crippen LogP contribution in [0.2, 0.25) is 0 Å². The molecular formula is C12H17BrN2O2. The van der Waals surface area contributed by atoms with Crippen LogP contribution in [0.15, 0.2) is 22.9 Å². The number of nitrogens with zero attached hydrogens (tertiary/aromatic N) is 2. The van der Waals surface area contributed by atoms with Crippen LogP contribution in [0, 0.1) is 0 Å². The van der Waals surface area contributed by atoms with Gasteiger partial charge in [-0.2, -0.15) is 0 Å². The summed E-state index contributed by atoms with van der Waals surface area (Å²) in [5.74, 6) is -0.0499. The number of halogens is 1. The van der Waals surface area contributed by atoms with E-state index in [0.29, 0.717) is 18.7 Å². The van der Waals surface area contributed by atoms with E-state index >= 15 is 0 Å². The molecular weight excluding hydrogens is 284 g/mol. The lowest BCUT2D eigenvalue weighted by molar-refractivity contribution is 0.0532. The number of ether oxygens (including phenoxy) is 1. The Hall–Kier alpha value is -0.940. The zero-order chi connectivity index (χ0) is 12.8. The molecule has 1 aromatic heterocycles. The van der Waals surface area contributed by atoms with E-state index < -0.39 is 0 Å². The zero-order valence-corrected chi connectivity index (χ0v) is 11.9. The van der Waals surface area contributed by atoms with Gasteiger partial charge in [0.25, 0.3) is 5.91 Å². The van der Waals surface area contributed by atoms with Crippen molar-refractivity contribution in [2.24, 2.45) is 0 Å². The van der Waals surface area contributed by atoms with Gasteiger partial charge in [0, 0.05) is 30.5 Å². The molecule has 0 aliphatic rings. The van der Waals surface area contributed by atoms with Gasteiger partial charge in [-0.25, -0.2) is 0 Å². The fourth-order valence-corrected chi connectivity index (χ4v) is 1.64. The van der Waals surface area contributed by atoms with Crippen molar-refractivity contribution in [2.45, 2.75) is 20.0 Å². The second-order valence-corrected chi connectivity index (χ2v) is 4.95. The Kier molecular flexibility index (Phi) is 5.58. The molecule has 0 aliphatic carbocycles. The molecule has 0 fully saturated rings. The van der Waals surface area contributed by atoms with E-state index in [9.17, 15) is 4.79 Å². The summed E-state index contributed by atoms with van der Waals surface area (Å²) in [4.78, 5) is 17.6. The Labute approximate surface area is 110 Å². The van der Waals surface area contributed by atoms with Crippen LogP contribution >= 0.6 is 15.9 Å². The fraction of sp³-hybridized carbons (Fsp3) is 0.500. The van der Waals surface area contributed by atoms with Crippen molar-refractivity contribution < 1.29 is 9.53 Å². The molecule has 0 N–H and O–H groups in total. The third-order valence-corrected chi connectivity index (χ3v) is 2.61. The predicted molar refractivity (Wildman–Crippen MR) is 70.0 cm³/mol. The van der Waals surface area contributed by atoms with Crippen molar-refractivity contribution in [1.82, 2.24) is 9.88 Å². The van der Waals surface area contributed by atoms with Crippen molar-refractivity contribution >= 4 is 21.8 Å². The highest BCUT2D eigenvalue weighted by Gasteiger charge is 2.12. The summed E-state index contributed by atoms with van der Waals surface area (Å²) in [6, 6.07) is 1.76. The van der Waals surface area contributed by atoms with Gasteiger partial charge >= 0.3 is 0 Å². The lowest BCUT2D eigenvalue weighted by atomic mass is 10.2. The molecule has 17 heavy (non-hydrogen) atoms. The number of carbonyl (C=O) groups excluding carboxylic acids is 1. The summed E-state index contributed by atoms with van der Waals surface area (Å²) in [6.45, 7) is 5.06. The molecule has 0 atom stereocenters. The van der Waals surface area contributed by atoms with Gasteiger partial charge in [-0.05, 0) is 35.8 Å². The predicted octanol–water partition coefficient (Wildman–Crippen LogP) is 2.34. The topological polar surface area (TPSA) is 42.4 Å². The Morgan fingerprint density at radius 3 is 2.82 bits per heavy atom. The minimum atomic E-state index is -0.0499. The highest BCUT2D eigenvalue weighted by Crippen LogP contribution is 2.11. The standard InChI is InChI=1S/C12H17BrN2O2/c1-9(2)17-5-4-15(3)12(16)10-6-11(13)8-14-7-10/h6-9H,4-5H2,1-3H3. The number of hydrogen-bond acceptors (Lipinski definition) is 3. The van der Waals surface area contributed by atoms with Gasteiger partial charge in [0.05, 0.1) is 18.3 Å². The van der Waals surface area contributed by atoms with Gasteiger partial charge in [-0.1, -0.05) is 0 Å². The number of rotatable bonds is 5. The highest BCUT2D eigenvalue weighted by molar-refractivity contribution is 9.10. The van der Waals surface area contributed by atoms with E-state index in [1.165, 1.54) is 0 Å². The zero-order valence-electron chi connectivity index (χ0n) is 10.3. The Morgan fingerprint density at radius 1 is 1.53 bits per heavy atom. The van der Waals surface area contributed by atoms with E-state index in [2.05, 4.69) is 20.9 Å². The quantitative estimate of drug-likeness (QED) is 0.838. The monoisotopic (exact) mass is 300 g/mol. The van der Waals surface area contributed by atoms with E-state index in [1.807, 2.05) is 13.8 Å². The summed E-state index contributed by atoms with van der Waals surface area (Å²) in [5, 5.41) is 0. The molecule has 0 radical (unpaired) electrons. The van der Waals surface area contributed by atoms with Crippen LogP contribution in [0.4, 0.5) is 0 Å².